The Morgan fingerprint density at radius 3 is 1.17 bits per heavy atom. The Kier molecular flexibility index (Phi) is 37.3. The summed E-state index contributed by atoms with van der Waals surface area (Å²) >= 11 is 0. The van der Waals surface area contributed by atoms with Crippen LogP contribution in [0.25, 0.3) is 0 Å². The van der Waals surface area contributed by atoms with Gasteiger partial charge in [0.05, 0.1) is 13.2 Å². The van der Waals surface area contributed by atoms with Gasteiger partial charge in [0.1, 0.15) is 12.6 Å². The first kappa shape index (κ1) is 52.5. The van der Waals surface area contributed by atoms with Gasteiger partial charge in [-0.2, -0.15) is 0 Å². The molecule has 0 spiro atoms. The minimum atomic E-state index is -4.71. The Morgan fingerprint density at radius 1 is 0.500 bits per heavy atom. The number of carboxylic acids is 1. The monoisotopic (exact) mass is 792 g/mol. The Bertz CT molecular complexity index is 937. The third-order valence-corrected chi connectivity index (χ3v) is 10.8. The SMILES string of the molecule is CCCCCCCCCCCCCCCCCC(=O)OC[C@@H](COP(=O)(O)OC[C@H](N)C(=O)O)OC(=O)CCCCCCCCCCCCCCCCC. The zero-order valence-electron chi connectivity index (χ0n) is 34.6. The summed E-state index contributed by atoms with van der Waals surface area (Å²) in [6, 6.07) is -1.52. The van der Waals surface area contributed by atoms with Gasteiger partial charge < -0.3 is 25.2 Å². The van der Waals surface area contributed by atoms with Gasteiger partial charge in [-0.25, -0.2) is 4.57 Å². The highest BCUT2D eigenvalue weighted by molar-refractivity contribution is 7.47. The fourth-order valence-corrected chi connectivity index (χ4v) is 7.14. The number of carbonyl (C=O) groups excluding carboxylic acids is 2. The zero-order chi connectivity index (χ0) is 40.0. The molecule has 0 heterocycles. The molecule has 54 heavy (non-hydrogen) atoms. The van der Waals surface area contributed by atoms with Crippen molar-refractivity contribution in [2.45, 2.75) is 231 Å². The molecule has 0 aliphatic rings. The highest BCUT2D eigenvalue weighted by atomic mass is 31.2. The lowest BCUT2D eigenvalue weighted by atomic mass is 10.0. The molecule has 0 radical (unpaired) electrons. The summed E-state index contributed by atoms with van der Waals surface area (Å²) in [7, 11) is -4.71. The largest absolute Gasteiger partial charge is 0.480 e. The van der Waals surface area contributed by atoms with Gasteiger partial charge in [-0.15, -0.1) is 0 Å². The van der Waals surface area contributed by atoms with Crippen LogP contribution >= 0.6 is 7.82 Å². The number of unbranched alkanes of at least 4 members (excludes halogenated alkanes) is 28. The summed E-state index contributed by atoms with van der Waals surface area (Å²) in [6.07, 6.45) is 35.9. The fraction of sp³-hybridized carbons (Fsp3) is 0.929. The van der Waals surface area contributed by atoms with E-state index in [1.165, 1.54) is 141 Å². The molecule has 320 valence electrons. The van der Waals surface area contributed by atoms with Crippen molar-refractivity contribution in [3.05, 3.63) is 0 Å². The summed E-state index contributed by atoms with van der Waals surface area (Å²) in [6.45, 7) is 2.83. The predicted molar refractivity (Wildman–Crippen MR) is 217 cm³/mol. The minimum absolute atomic E-state index is 0.169. The van der Waals surface area contributed by atoms with E-state index in [9.17, 15) is 23.8 Å². The van der Waals surface area contributed by atoms with Crippen LogP contribution in [0.1, 0.15) is 219 Å². The molecule has 0 aliphatic carbocycles. The topological polar surface area (TPSA) is 172 Å². The van der Waals surface area contributed by atoms with E-state index in [-0.39, 0.29) is 19.4 Å². The van der Waals surface area contributed by atoms with Crippen LogP contribution in [0.3, 0.4) is 0 Å². The molecule has 0 fully saturated rings. The second-order valence-corrected chi connectivity index (χ2v) is 16.7. The zero-order valence-corrected chi connectivity index (χ0v) is 35.5. The lowest BCUT2D eigenvalue weighted by Gasteiger charge is -2.20. The number of carboxylic acid groups (broad SMARTS) is 1. The number of hydrogen-bond donors (Lipinski definition) is 3. The molecular formula is C42H82NO10P. The first-order valence-corrected chi connectivity index (χ1v) is 23.6. The average Bonchev–Trinajstić information content (AvgIpc) is 3.14. The maximum atomic E-state index is 12.6. The summed E-state index contributed by atoms with van der Waals surface area (Å²) in [5, 5.41) is 8.88. The van der Waals surface area contributed by atoms with E-state index >= 15 is 0 Å². The molecule has 3 atom stereocenters. The van der Waals surface area contributed by atoms with Crippen LogP contribution in [0.4, 0.5) is 0 Å². The maximum Gasteiger partial charge on any atom is 0.472 e. The second-order valence-electron chi connectivity index (χ2n) is 15.2. The van der Waals surface area contributed by atoms with Crippen LogP contribution in [0.5, 0.6) is 0 Å². The number of ether oxygens (including phenoxy) is 2. The van der Waals surface area contributed by atoms with Gasteiger partial charge in [0.15, 0.2) is 6.10 Å². The van der Waals surface area contributed by atoms with E-state index in [2.05, 4.69) is 18.4 Å². The number of aliphatic carboxylic acids is 1. The Labute approximate surface area is 329 Å². The second kappa shape index (κ2) is 38.4. The third kappa shape index (κ3) is 37.4. The molecule has 0 aliphatic heterocycles. The molecule has 0 rings (SSSR count). The van der Waals surface area contributed by atoms with Crippen LogP contribution in [0, 0.1) is 0 Å². The molecule has 0 aromatic heterocycles. The van der Waals surface area contributed by atoms with Crippen molar-refractivity contribution >= 4 is 25.7 Å². The van der Waals surface area contributed by atoms with E-state index in [0.29, 0.717) is 12.8 Å². The van der Waals surface area contributed by atoms with Gasteiger partial charge >= 0.3 is 25.7 Å². The van der Waals surface area contributed by atoms with E-state index in [4.69, 9.17) is 24.8 Å². The quantitative estimate of drug-likeness (QED) is 0.0305. The van der Waals surface area contributed by atoms with Crippen LogP contribution in [0.15, 0.2) is 0 Å². The summed E-state index contributed by atoms with van der Waals surface area (Å²) < 4.78 is 32.7. The number of nitrogens with two attached hydrogens (primary N) is 1. The summed E-state index contributed by atoms with van der Waals surface area (Å²) in [4.78, 5) is 45.9. The van der Waals surface area contributed by atoms with Crippen molar-refractivity contribution in [3.63, 3.8) is 0 Å². The number of esters is 2. The standard InChI is InChI=1S/C42H82NO10P/c1-3-5-7-9-11-13-15-17-19-21-23-25-27-29-31-33-40(44)50-35-38(36-51-54(48,49)52-37-39(43)42(46)47)53-41(45)34-32-30-28-26-24-22-20-18-16-14-12-10-8-6-4-2/h38-39H,3-37,43H2,1-2H3,(H,46,47)(H,48,49)/t38-,39-/m0/s1. The van der Waals surface area contributed by atoms with Crippen molar-refractivity contribution in [2.75, 3.05) is 19.8 Å². The van der Waals surface area contributed by atoms with E-state index < -0.39 is 51.1 Å². The lowest BCUT2D eigenvalue weighted by Crippen LogP contribution is -2.34. The first-order valence-electron chi connectivity index (χ1n) is 22.1. The Hall–Kier alpha value is -1.52. The van der Waals surface area contributed by atoms with Crippen LogP contribution in [-0.2, 0) is 37.5 Å². The number of carbonyl (C=O) groups is 3. The predicted octanol–water partition coefficient (Wildman–Crippen LogP) is 11.5. The molecule has 0 aromatic carbocycles. The maximum absolute atomic E-state index is 12.6. The molecule has 1 unspecified atom stereocenters. The lowest BCUT2D eigenvalue weighted by molar-refractivity contribution is -0.161. The van der Waals surface area contributed by atoms with Crippen LogP contribution < -0.4 is 5.73 Å². The minimum Gasteiger partial charge on any atom is -0.480 e. The van der Waals surface area contributed by atoms with Gasteiger partial charge in [-0.05, 0) is 12.8 Å². The number of phosphoric ester groups is 1. The number of phosphoric acid groups is 1. The molecular weight excluding hydrogens is 709 g/mol. The number of hydrogen-bond acceptors (Lipinski definition) is 9. The average molecular weight is 792 g/mol. The highest BCUT2D eigenvalue weighted by Crippen LogP contribution is 2.43. The van der Waals surface area contributed by atoms with Gasteiger partial charge in [0, 0.05) is 12.8 Å². The van der Waals surface area contributed by atoms with Crippen molar-refractivity contribution in [1.82, 2.24) is 0 Å². The summed E-state index contributed by atoms with van der Waals surface area (Å²) in [5.74, 6) is -2.36. The third-order valence-electron chi connectivity index (χ3n) is 9.86. The van der Waals surface area contributed by atoms with Crippen LogP contribution in [0.2, 0.25) is 0 Å². The highest BCUT2D eigenvalue weighted by Gasteiger charge is 2.28. The molecule has 0 aromatic rings. The van der Waals surface area contributed by atoms with Crippen molar-refractivity contribution in [2.24, 2.45) is 5.73 Å². The molecule has 0 saturated heterocycles. The van der Waals surface area contributed by atoms with Crippen molar-refractivity contribution in [1.29, 1.82) is 0 Å². The summed E-state index contributed by atoms with van der Waals surface area (Å²) in [5.41, 5.74) is 5.33. The molecule has 0 amide bonds. The van der Waals surface area contributed by atoms with Gasteiger partial charge in [-0.3, -0.25) is 23.4 Å². The number of rotatable bonds is 42. The Balaban J connectivity index is 4.31. The van der Waals surface area contributed by atoms with Gasteiger partial charge in [0.2, 0.25) is 0 Å². The smallest absolute Gasteiger partial charge is 0.472 e. The van der Waals surface area contributed by atoms with Crippen molar-refractivity contribution in [3.8, 4) is 0 Å². The molecule has 12 heteroatoms. The molecule has 0 bridgehead atoms. The van der Waals surface area contributed by atoms with Crippen molar-refractivity contribution < 1.29 is 47.5 Å². The normalized spacial score (nSPS) is 13.7. The molecule has 0 saturated carbocycles. The Morgan fingerprint density at radius 2 is 0.815 bits per heavy atom. The van der Waals surface area contributed by atoms with E-state index in [0.717, 1.165) is 38.5 Å². The fourth-order valence-electron chi connectivity index (χ4n) is 6.36. The first-order chi connectivity index (χ1) is 26.1. The van der Waals surface area contributed by atoms with Gasteiger partial charge in [0.25, 0.3) is 0 Å². The molecule has 4 N–H and O–H groups in total. The van der Waals surface area contributed by atoms with Crippen LogP contribution in [-0.4, -0.2) is 59.9 Å². The van der Waals surface area contributed by atoms with E-state index in [1.54, 1.807) is 0 Å². The molecule has 11 nitrogen and oxygen atoms in total. The van der Waals surface area contributed by atoms with Gasteiger partial charge in [-0.1, -0.05) is 194 Å². The van der Waals surface area contributed by atoms with E-state index in [1.807, 2.05) is 0 Å².